The number of unbranched alkanes of at least 4 members (excludes halogenated alkanes) is 31. The molecular weight excluding hydrogens is 901 g/mol. The molecule has 0 fully saturated rings. The Morgan fingerprint density at radius 1 is 0.288 bits per heavy atom. The van der Waals surface area contributed by atoms with Gasteiger partial charge in [-0.15, -0.1) is 0 Å². The lowest BCUT2D eigenvalue weighted by Gasteiger charge is -2.18. The van der Waals surface area contributed by atoms with Gasteiger partial charge in [0.05, 0.1) is 0 Å². The summed E-state index contributed by atoms with van der Waals surface area (Å²) in [5.74, 6) is -0.919. The van der Waals surface area contributed by atoms with Crippen molar-refractivity contribution in [3.8, 4) is 0 Å². The molecule has 0 aliphatic rings. The fourth-order valence-electron chi connectivity index (χ4n) is 8.74. The third kappa shape index (κ3) is 59.3. The van der Waals surface area contributed by atoms with Gasteiger partial charge in [-0.2, -0.15) is 0 Å². The van der Waals surface area contributed by atoms with Gasteiger partial charge in [0, 0.05) is 19.3 Å². The summed E-state index contributed by atoms with van der Waals surface area (Å²) in [4.78, 5) is 38.0. The van der Waals surface area contributed by atoms with Crippen molar-refractivity contribution in [1.82, 2.24) is 0 Å². The SMILES string of the molecule is CC/C=C\C/C=C\C/C=C\C/C=C\C/C=C\CCCCCC(=O)OC(COC(=O)CCCCCCCCC)COC(=O)CCCCCCCCCCCCCCCCCCC/C=C\C/C=C\CCCCCCC. The first kappa shape index (κ1) is 69.6. The molecule has 0 radical (unpaired) electrons. The Bertz CT molecular complexity index is 1400. The van der Waals surface area contributed by atoms with Crippen LogP contribution in [0.1, 0.15) is 303 Å². The molecule has 0 aliphatic heterocycles. The number of carbonyl (C=O) groups excluding carboxylic acids is 3. The molecule has 1 unspecified atom stereocenters. The number of rotatable bonds is 56. The number of ether oxygens (including phenoxy) is 3. The Kier molecular flexibility index (Phi) is 58.3. The minimum atomic E-state index is -0.791. The number of hydrogen-bond acceptors (Lipinski definition) is 6. The molecule has 0 rings (SSSR count). The van der Waals surface area contributed by atoms with Crippen molar-refractivity contribution in [3.63, 3.8) is 0 Å². The van der Waals surface area contributed by atoms with Gasteiger partial charge in [0.2, 0.25) is 0 Å². The summed E-state index contributed by atoms with van der Waals surface area (Å²) >= 11 is 0. The molecule has 420 valence electrons. The lowest BCUT2D eigenvalue weighted by Crippen LogP contribution is -2.30. The molecular formula is C67H116O6. The predicted octanol–water partition coefficient (Wildman–Crippen LogP) is 21.1. The molecule has 0 saturated carbocycles. The highest BCUT2D eigenvalue weighted by molar-refractivity contribution is 5.71. The normalized spacial score (nSPS) is 12.6. The molecule has 1 atom stereocenters. The van der Waals surface area contributed by atoms with Crippen molar-refractivity contribution < 1.29 is 28.6 Å². The van der Waals surface area contributed by atoms with Crippen molar-refractivity contribution in [3.05, 3.63) is 85.1 Å². The molecule has 6 heteroatoms. The third-order valence-electron chi connectivity index (χ3n) is 13.4. The molecule has 0 heterocycles. The second kappa shape index (κ2) is 61.1. The average Bonchev–Trinajstić information content (AvgIpc) is 3.39. The minimum absolute atomic E-state index is 0.0876. The Hall–Kier alpha value is -3.41. The summed E-state index contributed by atoms with van der Waals surface area (Å²) in [6.07, 6.45) is 80.5. The van der Waals surface area contributed by atoms with Gasteiger partial charge in [-0.3, -0.25) is 14.4 Å². The van der Waals surface area contributed by atoms with E-state index >= 15 is 0 Å². The van der Waals surface area contributed by atoms with E-state index in [-0.39, 0.29) is 31.1 Å². The molecule has 0 aliphatic carbocycles. The maximum absolute atomic E-state index is 12.8. The van der Waals surface area contributed by atoms with E-state index in [4.69, 9.17) is 14.2 Å². The second-order valence-electron chi connectivity index (χ2n) is 20.6. The molecule has 0 spiro atoms. The predicted molar refractivity (Wildman–Crippen MR) is 316 cm³/mol. The van der Waals surface area contributed by atoms with Crippen LogP contribution in [-0.4, -0.2) is 37.2 Å². The van der Waals surface area contributed by atoms with Crippen LogP contribution in [0.25, 0.3) is 0 Å². The van der Waals surface area contributed by atoms with Crippen LogP contribution in [0.2, 0.25) is 0 Å². The largest absolute Gasteiger partial charge is 0.462 e. The summed E-state index contributed by atoms with van der Waals surface area (Å²) in [7, 11) is 0. The van der Waals surface area contributed by atoms with E-state index in [1.165, 1.54) is 161 Å². The zero-order chi connectivity index (χ0) is 52.9. The van der Waals surface area contributed by atoms with Crippen LogP contribution >= 0.6 is 0 Å². The topological polar surface area (TPSA) is 78.9 Å². The summed E-state index contributed by atoms with van der Waals surface area (Å²) in [5, 5.41) is 0. The zero-order valence-electron chi connectivity index (χ0n) is 48.1. The molecule has 0 N–H and O–H groups in total. The van der Waals surface area contributed by atoms with Gasteiger partial charge in [0.25, 0.3) is 0 Å². The summed E-state index contributed by atoms with van der Waals surface area (Å²) in [6, 6.07) is 0. The minimum Gasteiger partial charge on any atom is -0.462 e. The maximum Gasteiger partial charge on any atom is 0.306 e. The number of esters is 3. The Labute approximate surface area is 452 Å². The van der Waals surface area contributed by atoms with E-state index in [0.29, 0.717) is 19.3 Å². The van der Waals surface area contributed by atoms with Gasteiger partial charge in [-0.1, -0.05) is 273 Å². The standard InChI is InChI=1S/C67H116O6/c1-4-7-10-13-16-18-20-22-24-26-28-29-30-31-32-33-34-35-36-37-39-40-42-44-46-48-51-54-57-60-66(69)72-63-64(62-71-65(68)59-56-53-50-15-12-9-6-3)73-67(70)61-58-55-52-49-47-45-43-41-38-27-25-23-21-19-17-14-11-8-5-2/h8,11,17,19-20,22-23,25-26,28,38,41,45,47,64H,4-7,9-10,12-16,18,21,24,27,29-37,39-40,42-44,46,48-63H2,1-3H3/b11-8-,19-17-,22-20-,25-23-,28-26-,41-38-,47-45-. The Morgan fingerprint density at radius 3 is 0.849 bits per heavy atom. The molecule has 0 aromatic rings. The Morgan fingerprint density at radius 2 is 0.534 bits per heavy atom. The zero-order valence-corrected chi connectivity index (χ0v) is 48.1. The summed E-state index contributed by atoms with van der Waals surface area (Å²) in [6.45, 7) is 6.47. The van der Waals surface area contributed by atoms with Crippen molar-refractivity contribution >= 4 is 17.9 Å². The molecule has 0 amide bonds. The number of hydrogen-bond donors (Lipinski definition) is 0. The highest BCUT2D eigenvalue weighted by atomic mass is 16.6. The highest BCUT2D eigenvalue weighted by Gasteiger charge is 2.19. The van der Waals surface area contributed by atoms with E-state index in [1.807, 2.05) is 0 Å². The van der Waals surface area contributed by atoms with Gasteiger partial charge in [-0.05, 0) is 96.3 Å². The maximum atomic E-state index is 12.8. The smallest absolute Gasteiger partial charge is 0.306 e. The molecule has 0 bridgehead atoms. The molecule has 73 heavy (non-hydrogen) atoms. The van der Waals surface area contributed by atoms with Crippen LogP contribution in [-0.2, 0) is 28.6 Å². The average molecular weight is 1020 g/mol. The van der Waals surface area contributed by atoms with Gasteiger partial charge >= 0.3 is 17.9 Å². The first-order chi connectivity index (χ1) is 36.0. The van der Waals surface area contributed by atoms with Gasteiger partial charge < -0.3 is 14.2 Å². The fraction of sp³-hybridized carbons (Fsp3) is 0.746. The lowest BCUT2D eigenvalue weighted by molar-refractivity contribution is -0.167. The van der Waals surface area contributed by atoms with Crippen LogP contribution in [0.15, 0.2) is 85.1 Å². The van der Waals surface area contributed by atoms with E-state index in [2.05, 4.69) is 106 Å². The van der Waals surface area contributed by atoms with Crippen LogP contribution in [0, 0.1) is 0 Å². The van der Waals surface area contributed by atoms with Gasteiger partial charge in [-0.25, -0.2) is 0 Å². The lowest BCUT2D eigenvalue weighted by atomic mass is 10.0. The van der Waals surface area contributed by atoms with Crippen molar-refractivity contribution in [2.24, 2.45) is 0 Å². The van der Waals surface area contributed by atoms with Crippen LogP contribution in [0.4, 0.5) is 0 Å². The summed E-state index contributed by atoms with van der Waals surface area (Å²) < 4.78 is 16.8. The molecule has 0 saturated heterocycles. The number of allylic oxidation sites excluding steroid dienone is 14. The third-order valence-corrected chi connectivity index (χ3v) is 13.4. The number of carbonyl (C=O) groups is 3. The van der Waals surface area contributed by atoms with Crippen molar-refractivity contribution in [2.75, 3.05) is 13.2 Å². The quantitative estimate of drug-likeness (QED) is 0.0261. The van der Waals surface area contributed by atoms with E-state index in [0.717, 1.165) is 103 Å². The second-order valence-corrected chi connectivity index (χ2v) is 20.6. The highest BCUT2D eigenvalue weighted by Crippen LogP contribution is 2.16. The van der Waals surface area contributed by atoms with Gasteiger partial charge in [0.15, 0.2) is 6.10 Å². The van der Waals surface area contributed by atoms with E-state index < -0.39 is 6.10 Å². The van der Waals surface area contributed by atoms with Gasteiger partial charge in [0.1, 0.15) is 13.2 Å². The Balaban J connectivity index is 4.12. The fourth-order valence-corrected chi connectivity index (χ4v) is 8.74. The summed E-state index contributed by atoms with van der Waals surface area (Å²) in [5.41, 5.74) is 0. The molecule has 0 aromatic carbocycles. The van der Waals surface area contributed by atoms with Crippen LogP contribution in [0.3, 0.4) is 0 Å². The van der Waals surface area contributed by atoms with Crippen molar-refractivity contribution in [1.29, 1.82) is 0 Å². The first-order valence-corrected chi connectivity index (χ1v) is 31.1. The molecule has 6 nitrogen and oxygen atoms in total. The monoisotopic (exact) mass is 1020 g/mol. The molecule has 0 aromatic heterocycles. The first-order valence-electron chi connectivity index (χ1n) is 31.1. The van der Waals surface area contributed by atoms with E-state index in [9.17, 15) is 14.4 Å². The van der Waals surface area contributed by atoms with E-state index in [1.54, 1.807) is 0 Å². The van der Waals surface area contributed by atoms with Crippen LogP contribution < -0.4 is 0 Å². The van der Waals surface area contributed by atoms with Crippen molar-refractivity contribution in [2.45, 2.75) is 309 Å². The van der Waals surface area contributed by atoms with Crippen LogP contribution in [0.5, 0.6) is 0 Å².